The quantitative estimate of drug-likeness (QED) is 0.326. The minimum atomic E-state index is -0.457. The number of rotatable bonds is 8. The van der Waals surface area contributed by atoms with Crippen molar-refractivity contribution in [2.45, 2.75) is 45.8 Å². The number of imidazole rings is 1. The lowest BCUT2D eigenvalue weighted by molar-refractivity contribution is 0.495. The van der Waals surface area contributed by atoms with E-state index in [4.69, 9.17) is 10.7 Å². The Hall–Kier alpha value is -4.51. The normalized spacial score (nSPS) is 15.8. The molecule has 1 aliphatic heterocycles. The van der Waals surface area contributed by atoms with E-state index in [1.54, 1.807) is 31.6 Å². The summed E-state index contributed by atoms with van der Waals surface area (Å²) in [7, 11) is 1.65. The zero-order chi connectivity index (χ0) is 28.2. The largest absolute Gasteiger partial charge is 0.357 e. The van der Waals surface area contributed by atoms with Crippen LogP contribution in [-0.2, 0) is 20.1 Å². The maximum absolute atomic E-state index is 14.1. The van der Waals surface area contributed by atoms with Gasteiger partial charge < -0.3 is 20.5 Å². The SMILES string of the molecule is CC(C)=CCn1c(N2CCCC(N)C2)nc2c1c(=O)n(CC(=Cc1ncccn1)Nc1ccccc1)c(=O)n2C. The lowest BCUT2D eigenvalue weighted by atomic mass is 10.1. The third-order valence-corrected chi connectivity index (χ3v) is 6.93. The van der Waals surface area contributed by atoms with Gasteiger partial charge in [0.15, 0.2) is 17.0 Å². The molecule has 0 amide bonds. The van der Waals surface area contributed by atoms with E-state index < -0.39 is 11.2 Å². The summed E-state index contributed by atoms with van der Waals surface area (Å²) in [6, 6.07) is 11.3. The second-order valence-corrected chi connectivity index (χ2v) is 10.3. The second kappa shape index (κ2) is 11.7. The number of nitrogens with one attached hydrogen (secondary N) is 1. The van der Waals surface area contributed by atoms with Crippen molar-refractivity contribution in [1.82, 2.24) is 28.7 Å². The highest BCUT2D eigenvalue weighted by Crippen LogP contribution is 2.23. The van der Waals surface area contributed by atoms with Crippen LogP contribution in [0.15, 0.2) is 75.7 Å². The molecule has 4 aromatic rings. The summed E-state index contributed by atoms with van der Waals surface area (Å²) in [5, 5.41) is 3.33. The fraction of sp³-hybridized carbons (Fsp3) is 0.345. The van der Waals surface area contributed by atoms with Gasteiger partial charge >= 0.3 is 5.69 Å². The van der Waals surface area contributed by atoms with E-state index in [-0.39, 0.29) is 12.6 Å². The molecule has 4 heterocycles. The summed E-state index contributed by atoms with van der Waals surface area (Å²) >= 11 is 0. The third kappa shape index (κ3) is 5.74. The molecule has 0 spiro atoms. The third-order valence-electron chi connectivity index (χ3n) is 6.93. The Kier molecular flexibility index (Phi) is 7.92. The molecule has 208 valence electrons. The number of aromatic nitrogens is 6. The number of hydrogen-bond donors (Lipinski definition) is 2. The molecule has 1 atom stereocenters. The average molecular weight is 542 g/mol. The maximum atomic E-state index is 14.1. The number of allylic oxidation sites excluding steroid dienone is 3. The van der Waals surface area contributed by atoms with Gasteiger partial charge in [-0.05, 0) is 44.9 Å². The number of hydrogen-bond acceptors (Lipinski definition) is 8. The first-order valence-corrected chi connectivity index (χ1v) is 13.5. The molecule has 1 aliphatic rings. The first-order valence-electron chi connectivity index (χ1n) is 13.5. The average Bonchev–Trinajstić information content (AvgIpc) is 3.34. The number of nitrogens with two attached hydrogens (primary N) is 1. The van der Waals surface area contributed by atoms with Gasteiger partial charge in [-0.25, -0.2) is 14.8 Å². The molecule has 1 aromatic carbocycles. The Morgan fingerprint density at radius 3 is 2.55 bits per heavy atom. The van der Waals surface area contributed by atoms with E-state index in [0.717, 1.165) is 30.6 Å². The van der Waals surface area contributed by atoms with Crippen LogP contribution in [0.3, 0.4) is 0 Å². The molecule has 0 aliphatic carbocycles. The van der Waals surface area contributed by atoms with Crippen LogP contribution in [-0.4, -0.2) is 47.8 Å². The number of anilines is 2. The summed E-state index contributed by atoms with van der Waals surface area (Å²) in [5.41, 5.74) is 8.68. The molecule has 5 rings (SSSR count). The fourth-order valence-corrected chi connectivity index (χ4v) is 4.92. The molecule has 11 heteroatoms. The summed E-state index contributed by atoms with van der Waals surface area (Å²) in [5.74, 6) is 1.12. The van der Waals surface area contributed by atoms with E-state index in [0.29, 0.717) is 41.7 Å². The predicted molar refractivity (Wildman–Crippen MR) is 158 cm³/mol. The summed E-state index contributed by atoms with van der Waals surface area (Å²) in [6.07, 6.45) is 8.97. The van der Waals surface area contributed by atoms with Gasteiger partial charge in [0, 0.05) is 62.6 Å². The molecular formula is C29H35N9O2. The van der Waals surface area contributed by atoms with E-state index in [2.05, 4.69) is 26.3 Å². The zero-order valence-corrected chi connectivity index (χ0v) is 23.1. The Bertz CT molecular complexity index is 1660. The smallest absolute Gasteiger partial charge is 0.332 e. The Labute approximate surface area is 232 Å². The highest BCUT2D eigenvalue weighted by molar-refractivity contribution is 5.75. The van der Waals surface area contributed by atoms with Gasteiger partial charge in [-0.2, -0.15) is 4.98 Å². The van der Waals surface area contributed by atoms with E-state index in [1.165, 1.54) is 9.13 Å². The molecule has 3 N–H and O–H groups in total. The lowest BCUT2D eigenvalue weighted by Crippen LogP contribution is -2.44. The van der Waals surface area contributed by atoms with Gasteiger partial charge in [0.2, 0.25) is 5.95 Å². The van der Waals surface area contributed by atoms with Crippen molar-refractivity contribution in [3.8, 4) is 0 Å². The van der Waals surface area contributed by atoms with Gasteiger partial charge in [-0.15, -0.1) is 0 Å². The van der Waals surface area contributed by atoms with Crippen LogP contribution in [0.5, 0.6) is 0 Å². The van der Waals surface area contributed by atoms with Gasteiger partial charge in [-0.1, -0.05) is 29.8 Å². The number of benzene rings is 1. The van der Waals surface area contributed by atoms with Crippen LogP contribution in [0.4, 0.5) is 11.6 Å². The summed E-state index contributed by atoms with van der Waals surface area (Å²) in [6.45, 7) is 5.91. The molecule has 0 bridgehead atoms. The van der Waals surface area contributed by atoms with Gasteiger partial charge in [0.1, 0.15) is 0 Å². The number of piperidine rings is 1. The van der Waals surface area contributed by atoms with Crippen molar-refractivity contribution >= 4 is 28.9 Å². The number of aryl methyl sites for hydroxylation is 1. The Balaban J connectivity index is 1.66. The second-order valence-electron chi connectivity index (χ2n) is 10.3. The van der Waals surface area contributed by atoms with E-state index >= 15 is 0 Å². The molecule has 1 saturated heterocycles. The molecule has 1 fully saturated rings. The highest BCUT2D eigenvalue weighted by atomic mass is 16.2. The minimum absolute atomic E-state index is 0.00760. The van der Waals surface area contributed by atoms with Crippen molar-refractivity contribution in [3.05, 3.63) is 92.8 Å². The van der Waals surface area contributed by atoms with Crippen LogP contribution in [0, 0.1) is 0 Å². The lowest BCUT2D eigenvalue weighted by Gasteiger charge is -2.31. The Morgan fingerprint density at radius 1 is 1.10 bits per heavy atom. The molecule has 0 saturated carbocycles. The number of nitrogens with zero attached hydrogens (tertiary/aromatic N) is 7. The maximum Gasteiger partial charge on any atom is 0.332 e. The highest BCUT2D eigenvalue weighted by Gasteiger charge is 2.26. The van der Waals surface area contributed by atoms with Gasteiger partial charge in [0.05, 0.1) is 6.54 Å². The number of fused-ring (bicyclic) bond motifs is 1. The van der Waals surface area contributed by atoms with Crippen LogP contribution in [0.2, 0.25) is 0 Å². The molecule has 3 aromatic heterocycles. The molecule has 1 unspecified atom stereocenters. The van der Waals surface area contributed by atoms with Crippen molar-refractivity contribution in [2.75, 3.05) is 23.3 Å². The van der Waals surface area contributed by atoms with E-state index in [1.807, 2.05) is 48.7 Å². The van der Waals surface area contributed by atoms with Gasteiger partial charge in [-0.3, -0.25) is 13.9 Å². The minimum Gasteiger partial charge on any atom is -0.357 e. The first-order chi connectivity index (χ1) is 19.3. The van der Waals surface area contributed by atoms with Crippen LogP contribution in [0.1, 0.15) is 32.5 Å². The monoisotopic (exact) mass is 541 g/mol. The Morgan fingerprint density at radius 2 is 1.85 bits per heavy atom. The van der Waals surface area contributed by atoms with Crippen LogP contribution >= 0.6 is 0 Å². The molecule has 11 nitrogen and oxygen atoms in total. The van der Waals surface area contributed by atoms with Crippen LogP contribution in [0.25, 0.3) is 17.2 Å². The summed E-state index contributed by atoms with van der Waals surface area (Å²) < 4.78 is 4.59. The summed E-state index contributed by atoms with van der Waals surface area (Å²) in [4.78, 5) is 43.3. The van der Waals surface area contributed by atoms with Crippen molar-refractivity contribution in [3.63, 3.8) is 0 Å². The molecular weight excluding hydrogens is 506 g/mol. The van der Waals surface area contributed by atoms with Crippen molar-refractivity contribution in [2.24, 2.45) is 12.8 Å². The van der Waals surface area contributed by atoms with E-state index in [9.17, 15) is 9.59 Å². The van der Waals surface area contributed by atoms with Crippen molar-refractivity contribution in [1.29, 1.82) is 0 Å². The van der Waals surface area contributed by atoms with Crippen LogP contribution < -0.4 is 27.2 Å². The first kappa shape index (κ1) is 27.1. The standard InChI is InChI=1S/C29H35N9O2/c1-20(2)12-16-37-25-26(34-28(37)36-15-7-9-21(30)18-36)35(3)29(40)38(27(25)39)19-23(17-24-31-13-8-14-32-24)33-22-10-5-4-6-11-22/h4-6,8,10-14,17,21,33H,7,9,15-16,18-19,30H2,1-3H3. The molecule has 40 heavy (non-hydrogen) atoms. The zero-order valence-electron chi connectivity index (χ0n) is 23.1. The fourth-order valence-electron chi connectivity index (χ4n) is 4.92. The molecule has 0 radical (unpaired) electrons. The van der Waals surface area contributed by atoms with Gasteiger partial charge in [0.25, 0.3) is 5.56 Å². The predicted octanol–water partition coefficient (Wildman–Crippen LogP) is 2.73. The topological polar surface area (TPSA) is 129 Å². The number of para-hydroxylation sites is 1. The van der Waals surface area contributed by atoms with Crippen molar-refractivity contribution < 1.29 is 0 Å².